The van der Waals surface area contributed by atoms with E-state index >= 15 is 0 Å². The van der Waals surface area contributed by atoms with Crippen LogP contribution in [0.5, 0.6) is 0 Å². The van der Waals surface area contributed by atoms with E-state index in [2.05, 4.69) is 23.5 Å². The molecule has 0 amide bonds. The largest absolute Gasteiger partial charge is 0.379 e. The Morgan fingerprint density at radius 2 is 2.00 bits per heavy atom. The van der Waals surface area contributed by atoms with Crippen LogP contribution in [0.3, 0.4) is 0 Å². The Balaban J connectivity index is 2.01. The maximum atomic E-state index is 12.4. The molecule has 1 fully saturated rings. The number of nitrogens with zero attached hydrogens (tertiary/aromatic N) is 1. The van der Waals surface area contributed by atoms with Crippen LogP contribution in [0.15, 0.2) is 16.3 Å². The number of morpholine rings is 1. The van der Waals surface area contributed by atoms with E-state index in [0.29, 0.717) is 16.7 Å². The first-order valence-corrected chi connectivity index (χ1v) is 10.1. The molecule has 22 heavy (non-hydrogen) atoms. The van der Waals surface area contributed by atoms with Crippen LogP contribution in [0.4, 0.5) is 0 Å². The highest BCUT2D eigenvalue weighted by Crippen LogP contribution is 2.22. The lowest BCUT2D eigenvalue weighted by atomic mass is 10.0. The van der Waals surface area contributed by atoms with Crippen molar-refractivity contribution in [1.29, 1.82) is 0 Å². The molecule has 0 radical (unpaired) electrons. The van der Waals surface area contributed by atoms with Gasteiger partial charge < -0.3 is 4.74 Å². The van der Waals surface area contributed by atoms with Crippen molar-refractivity contribution < 1.29 is 13.2 Å². The van der Waals surface area contributed by atoms with Crippen LogP contribution >= 0.6 is 11.3 Å². The monoisotopic (exact) mass is 346 g/mol. The third-order valence-electron chi connectivity index (χ3n) is 4.02. The molecule has 1 unspecified atom stereocenters. The van der Waals surface area contributed by atoms with Crippen molar-refractivity contribution in [3.8, 4) is 0 Å². The van der Waals surface area contributed by atoms with Gasteiger partial charge in [0.05, 0.1) is 13.2 Å². The fourth-order valence-corrected chi connectivity index (χ4v) is 5.05. The summed E-state index contributed by atoms with van der Waals surface area (Å²) in [5.41, 5.74) is 0. The van der Waals surface area contributed by atoms with Gasteiger partial charge in [-0.15, -0.1) is 11.3 Å². The van der Waals surface area contributed by atoms with Crippen LogP contribution in [0.25, 0.3) is 0 Å². The van der Waals surface area contributed by atoms with E-state index in [1.807, 2.05) is 13.0 Å². The molecule has 0 saturated carbocycles. The third-order valence-corrected chi connectivity index (χ3v) is 7.16. The summed E-state index contributed by atoms with van der Waals surface area (Å²) in [6.45, 7) is 9.92. The fraction of sp³-hybridized carbons (Fsp3) is 0.733. The van der Waals surface area contributed by atoms with Crippen molar-refractivity contribution in [1.82, 2.24) is 9.62 Å². The van der Waals surface area contributed by atoms with Gasteiger partial charge in [-0.25, -0.2) is 13.1 Å². The summed E-state index contributed by atoms with van der Waals surface area (Å²) in [6.07, 6.45) is 0.864. The Morgan fingerprint density at radius 3 is 2.55 bits per heavy atom. The van der Waals surface area contributed by atoms with Gasteiger partial charge in [0.1, 0.15) is 4.21 Å². The molecule has 5 nitrogen and oxygen atoms in total. The SMILES string of the molecule is CCc1ccc(S(=O)(=O)NCC(C(C)C)N2CCOCC2)s1. The molecule has 2 heterocycles. The predicted octanol–water partition coefficient (Wildman–Crippen LogP) is 1.95. The number of aryl methyl sites for hydroxylation is 1. The smallest absolute Gasteiger partial charge is 0.250 e. The van der Waals surface area contributed by atoms with E-state index in [0.717, 1.165) is 37.6 Å². The molecule has 0 aliphatic carbocycles. The minimum Gasteiger partial charge on any atom is -0.379 e. The molecule has 1 aliphatic heterocycles. The molecule has 1 atom stereocenters. The van der Waals surface area contributed by atoms with Crippen molar-refractivity contribution in [2.45, 2.75) is 37.4 Å². The maximum Gasteiger partial charge on any atom is 0.250 e. The van der Waals surface area contributed by atoms with Crippen molar-refractivity contribution in [2.24, 2.45) is 5.92 Å². The first-order chi connectivity index (χ1) is 10.4. The van der Waals surface area contributed by atoms with Crippen LogP contribution in [0, 0.1) is 5.92 Å². The molecular weight excluding hydrogens is 320 g/mol. The van der Waals surface area contributed by atoms with Crippen LogP contribution in [-0.4, -0.2) is 52.2 Å². The average Bonchev–Trinajstić information content (AvgIpc) is 2.98. The standard InChI is InChI=1S/C15H26N2O3S2/c1-4-13-5-6-15(21-13)22(18,19)16-11-14(12(2)3)17-7-9-20-10-8-17/h5-6,12,14,16H,4,7-11H2,1-3H3. The number of thiophene rings is 1. The molecule has 1 aliphatic rings. The van der Waals surface area contributed by atoms with E-state index in [1.165, 1.54) is 11.3 Å². The van der Waals surface area contributed by atoms with Crippen molar-refractivity contribution in [3.63, 3.8) is 0 Å². The van der Waals surface area contributed by atoms with Gasteiger partial charge in [0.2, 0.25) is 10.0 Å². The van der Waals surface area contributed by atoms with Crippen LogP contribution in [-0.2, 0) is 21.2 Å². The van der Waals surface area contributed by atoms with Crippen molar-refractivity contribution in [3.05, 3.63) is 17.0 Å². The van der Waals surface area contributed by atoms with Crippen molar-refractivity contribution in [2.75, 3.05) is 32.8 Å². The molecule has 2 rings (SSSR count). The van der Waals surface area contributed by atoms with E-state index in [9.17, 15) is 8.42 Å². The quantitative estimate of drug-likeness (QED) is 0.820. The summed E-state index contributed by atoms with van der Waals surface area (Å²) >= 11 is 1.35. The van der Waals surface area contributed by atoms with Crippen LogP contribution < -0.4 is 4.72 Å². The molecule has 126 valence electrons. The normalized spacial score (nSPS) is 18.7. The fourth-order valence-electron chi connectivity index (χ4n) is 2.65. The Bertz CT molecular complexity index is 563. The van der Waals surface area contributed by atoms with Gasteiger partial charge in [0.25, 0.3) is 0 Å². The van der Waals surface area contributed by atoms with E-state index in [-0.39, 0.29) is 6.04 Å². The highest BCUT2D eigenvalue weighted by atomic mass is 32.2. The highest BCUT2D eigenvalue weighted by molar-refractivity contribution is 7.91. The van der Waals surface area contributed by atoms with Gasteiger partial charge in [0, 0.05) is 30.6 Å². The van der Waals surface area contributed by atoms with Gasteiger partial charge in [0.15, 0.2) is 0 Å². The number of hydrogen-bond acceptors (Lipinski definition) is 5. The number of sulfonamides is 1. The molecule has 1 aromatic rings. The summed E-state index contributed by atoms with van der Waals surface area (Å²) in [6, 6.07) is 3.79. The number of nitrogens with one attached hydrogen (secondary N) is 1. The molecule has 1 saturated heterocycles. The van der Waals surface area contributed by atoms with Crippen molar-refractivity contribution >= 4 is 21.4 Å². The van der Waals surface area contributed by atoms with Gasteiger partial charge in [-0.2, -0.15) is 0 Å². The molecule has 0 spiro atoms. The third kappa shape index (κ3) is 4.52. The van der Waals surface area contributed by atoms with E-state index in [4.69, 9.17) is 4.74 Å². The number of rotatable bonds is 7. The lowest BCUT2D eigenvalue weighted by Crippen LogP contribution is -2.51. The lowest BCUT2D eigenvalue weighted by molar-refractivity contribution is 0.00776. The Morgan fingerprint density at radius 1 is 1.32 bits per heavy atom. The molecule has 0 aromatic carbocycles. The second-order valence-corrected chi connectivity index (χ2v) is 9.05. The predicted molar refractivity (Wildman–Crippen MR) is 89.9 cm³/mol. The zero-order valence-electron chi connectivity index (χ0n) is 13.5. The Hall–Kier alpha value is -0.470. The summed E-state index contributed by atoms with van der Waals surface area (Å²) in [4.78, 5) is 3.41. The molecule has 1 N–H and O–H groups in total. The minimum absolute atomic E-state index is 0.198. The summed E-state index contributed by atoms with van der Waals surface area (Å²) in [5.74, 6) is 0.385. The zero-order chi connectivity index (χ0) is 16.2. The summed E-state index contributed by atoms with van der Waals surface area (Å²) in [7, 11) is -3.41. The van der Waals surface area contributed by atoms with E-state index < -0.39 is 10.0 Å². The topological polar surface area (TPSA) is 58.6 Å². The van der Waals surface area contributed by atoms with Gasteiger partial charge in [-0.3, -0.25) is 4.90 Å². The van der Waals surface area contributed by atoms with Crippen LogP contribution in [0.1, 0.15) is 25.6 Å². The van der Waals surface area contributed by atoms with E-state index in [1.54, 1.807) is 6.07 Å². The molecule has 0 bridgehead atoms. The summed E-state index contributed by atoms with van der Waals surface area (Å²) < 4.78 is 33.4. The first kappa shape index (κ1) is 17.9. The Labute approximate surface area is 137 Å². The second-order valence-electron chi connectivity index (χ2n) is 5.89. The lowest BCUT2D eigenvalue weighted by Gasteiger charge is -2.36. The Kier molecular flexibility index (Phi) is 6.40. The first-order valence-electron chi connectivity index (χ1n) is 7.84. The number of hydrogen-bond donors (Lipinski definition) is 1. The van der Waals surface area contributed by atoms with Crippen LogP contribution in [0.2, 0.25) is 0 Å². The molecule has 7 heteroatoms. The highest BCUT2D eigenvalue weighted by Gasteiger charge is 2.26. The average molecular weight is 347 g/mol. The van der Waals surface area contributed by atoms with Gasteiger partial charge in [-0.05, 0) is 24.5 Å². The molecular formula is C15H26N2O3S2. The number of ether oxygens (including phenoxy) is 1. The second kappa shape index (κ2) is 7.88. The minimum atomic E-state index is -3.41. The van der Waals surface area contributed by atoms with Gasteiger partial charge in [-0.1, -0.05) is 20.8 Å². The van der Waals surface area contributed by atoms with Gasteiger partial charge >= 0.3 is 0 Å². The molecule has 1 aromatic heterocycles. The zero-order valence-corrected chi connectivity index (χ0v) is 15.2. The maximum absolute atomic E-state index is 12.4. The summed E-state index contributed by atoms with van der Waals surface area (Å²) in [5, 5.41) is 0.